The summed E-state index contributed by atoms with van der Waals surface area (Å²) < 4.78 is 0. The molecule has 0 aliphatic heterocycles. The summed E-state index contributed by atoms with van der Waals surface area (Å²) >= 11 is 12.1. The molecule has 1 N–H and O–H groups in total. The highest BCUT2D eigenvalue weighted by atomic mass is 35.5. The summed E-state index contributed by atoms with van der Waals surface area (Å²) in [5.41, 5.74) is 1.68. The largest absolute Gasteiger partial charge is 0.396 e. The van der Waals surface area contributed by atoms with E-state index in [1.54, 1.807) is 30.1 Å². The number of carbonyl (C=O) groups is 1. The van der Waals surface area contributed by atoms with E-state index in [9.17, 15) is 4.79 Å². The average Bonchev–Trinajstić information content (AvgIpc) is 2.61. The summed E-state index contributed by atoms with van der Waals surface area (Å²) in [6, 6.07) is 14.7. The molecule has 1 amide bonds. The Kier molecular flexibility index (Phi) is 7.10. The lowest BCUT2D eigenvalue weighted by Crippen LogP contribution is -2.31. The van der Waals surface area contributed by atoms with Crippen LogP contribution in [0.25, 0.3) is 0 Å². The van der Waals surface area contributed by atoms with Gasteiger partial charge in [-0.25, -0.2) is 0 Å². The SMILES string of the molecule is CN(CC(CCCO)c1ccc(Cl)c(Cl)c1)C(=O)c1ccccc1. The lowest BCUT2D eigenvalue weighted by molar-refractivity contribution is 0.0784. The molecule has 0 saturated heterocycles. The zero-order valence-corrected chi connectivity index (χ0v) is 15.1. The number of halogens is 2. The first-order valence-corrected chi connectivity index (χ1v) is 8.65. The first-order chi connectivity index (χ1) is 11.5. The third kappa shape index (κ3) is 4.97. The summed E-state index contributed by atoms with van der Waals surface area (Å²) in [5.74, 6) is 0.0641. The Bertz CT molecular complexity index is 676. The Morgan fingerprint density at radius 2 is 1.83 bits per heavy atom. The van der Waals surface area contributed by atoms with Crippen LogP contribution in [0.1, 0.15) is 34.7 Å². The monoisotopic (exact) mass is 365 g/mol. The molecule has 2 rings (SSSR count). The minimum atomic E-state index is -0.0235. The van der Waals surface area contributed by atoms with Gasteiger partial charge in [0.25, 0.3) is 5.91 Å². The summed E-state index contributed by atoms with van der Waals surface area (Å²) in [4.78, 5) is 14.2. The van der Waals surface area contributed by atoms with Gasteiger partial charge in [-0.2, -0.15) is 0 Å². The lowest BCUT2D eigenvalue weighted by Gasteiger charge is -2.25. The van der Waals surface area contributed by atoms with Crippen molar-refractivity contribution in [3.63, 3.8) is 0 Å². The van der Waals surface area contributed by atoms with Crippen LogP contribution >= 0.6 is 23.2 Å². The summed E-state index contributed by atoms with van der Waals surface area (Å²) in [6.07, 6.45) is 1.43. The zero-order valence-electron chi connectivity index (χ0n) is 13.6. The predicted octanol–water partition coefficient (Wildman–Crippen LogP) is 4.62. The molecule has 1 unspecified atom stereocenters. The maximum absolute atomic E-state index is 12.5. The number of likely N-dealkylation sites (N-methyl/N-ethyl adjacent to an activating group) is 1. The fourth-order valence-corrected chi connectivity index (χ4v) is 2.99. The highest BCUT2D eigenvalue weighted by Crippen LogP contribution is 2.29. The second kappa shape index (κ2) is 9.07. The van der Waals surface area contributed by atoms with Crippen molar-refractivity contribution in [2.75, 3.05) is 20.2 Å². The van der Waals surface area contributed by atoms with Gasteiger partial charge < -0.3 is 10.0 Å². The van der Waals surface area contributed by atoms with Gasteiger partial charge in [0.1, 0.15) is 0 Å². The Hall–Kier alpha value is -1.55. The van der Waals surface area contributed by atoms with Crippen LogP contribution in [0.2, 0.25) is 10.0 Å². The van der Waals surface area contributed by atoms with Gasteiger partial charge >= 0.3 is 0 Å². The molecule has 0 aliphatic carbocycles. The number of rotatable bonds is 7. The minimum Gasteiger partial charge on any atom is -0.396 e. The van der Waals surface area contributed by atoms with Crippen molar-refractivity contribution in [1.82, 2.24) is 4.90 Å². The molecule has 2 aromatic rings. The van der Waals surface area contributed by atoms with Crippen molar-refractivity contribution in [3.05, 3.63) is 69.7 Å². The van der Waals surface area contributed by atoms with Crippen molar-refractivity contribution in [1.29, 1.82) is 0 Å². The van der Waals surface area contributed by atoms with E-state index in [-0.39, 0.29) is 18.4 Å². The van der Waals surface area contributed by atoms with Crippen LogP contribution in [0, 0.1) is 0 Å². The van der Waals surface area contributed by atoms with E-state index in [0.29, 0.717) is 28.6 Å². The van der Waals surface area contributed by atoms with E-state index in [4.69, 9.17) is 28.3 Å². The van der Waals surface area contributed by atoms with Crippen LogP contribution in [0.15, 0.2) is 48.5 Å². The lowest BCUT2D eigenvalue weighted by atomic mass is 9.93. The molecule has 0 heterocycles. The smallest absolute Gasteiger partial charge is 0.253 e. The van der Waals surface area contributed by atoms with E-state index in [0.717, 1.165) is 12.0 Å². The molecule has 0 bridgehead atoms. The molecule has 2 aromatic carbocycles. The maximum Gasteiger partial charge on any atom is 0.253 e. The van der Waals surface area contributed by atoms with Gasteiger partial charge in [0, 0.05) is 31.7 Å². The number of aliphatic hydroxyl groups is 1. The molecule has 0 aromatic heterocycles. The Balaban J connectivity index is 2.15. The molecular formula is C19H21Cl2NO2. The normalized spacial score (nSPS) is 12.0. The van der Waals surface area contributed by atoms with E-state index >= 15 is 0 Å². The standard InChI is InChI=1S/C19H21Cl2NO2/c1-22(19(24)14-6-3-2-4-7-14)13-16(8-5-11-23)15-9-10-17(20)18(21)12-15/h2-4,6-7,9-10,12,16,23H,5,8,11,13H2,1H3. The summed E-state index contributed by atoms with van der Waals surface area (Å²) in [6.45, 7) is 0.667. The van der Waals surface area contributed by atoms with Crippen LogP contribution in [0.5, 0.6) is 0 Å². The second-order valence-corrected chi connectivity index (χ2v) is 6.60. The first-order valence-electron chi connectivity index (χ1n) is 7.89. The van der Waals surface area contributed by atoms with Crippen LogP contribution in [0.4, 0.5) is 0 Å². The number of benzene rings is 2. The highest BCUT2D eigenvalue weighted by Gasteiger charge is 2.19. The average molecular weight is 366 g/mol. The van der Waals surface area contributed by atoms with Crippen LogP contribution in [0.3, 0.4) is 0 Å². The number of amides is 1. The van der Waals surface area contributed by atoms with Gasteiger partial charge in [-0.05, 0) is 42.7 Å². The van der Waals surface area contributed by atoms with Gasteiger partial charge in [-0.3, -0.25) is 4.79 Å². The van der Waals surface area contributed by atoms with Gasteiger partial charge in [-0.15, -0.1) is 0 Å². The molecule has 24 heavy (non-hydrogen) atoms. The molecule has 0 radical (unpaired) electrons. The second-order valence-electron chi connectivity index (χ2n) is 5.79. The molecule has 0 fully saturated rings. The van der Waals surface area contributed by atoms with Gasteiger partial charge in [-0.1, -0.05) is 47.5 Å². The molecule has 0 aliphatic rings. The molecule has 128 valence electrons. The van der Waals surface area contributed by atoms with Crippen molar-refractivity contribution in [2.45, 2.75) is 18.8 Å². The van der Waals surface area contributed by atoms with Crippen molar-refractivity contribution in [2.24, 2.45) is 0 Å². The number of aliphatic hydroxyl groups excluding tert-OH is 1. The molecule has 1 atom stereocenters. The topological polar surface area (TPSA) is 40.5 Å². The predicted molar refractivity (Wildman–Crippen MR) is 98.9 cm³/mol. The number of carbonyl (C=O) groups excluding carboxylic acids is 1. The summed E-state index contributed by atoms with van der Waals surface area (Å²) in [7, 11) is 1.79. The number of hydrogen-bond acceptors (Lipinski definition) is 2. The van der Waals surface area contributed by atoms with Crippen molar-refractivity contribution >= 4 is 29.1 Å². The molecule has 0 saturated carbocycles. The molecule has 3 nitrogen and oxygen atoms in total. The minimum absolute atomic E-state index is 0.0235. The van der Waals surface area contributed by atoms with Gasteiger partial charge in [0.05, 0.1) is 10.0 Å². The first kappa shape index (κ1) is 18.8. The van der Waals surface area contributed by atoms with Crippen LogP contribution < -0.4 is 0 Å². The van der Waals surface area contributed by atoms with E-state index in [1.807, 2.05) is 30.3 Å². The quantitative estimate of drug-likeness (QED) is 0.777. The highest BCUT2D eigenvalue weighted by molar-refractivity contribution is 6.42. The van der Waals surface area contributed by atoms with Crippen LogP contribution in [-0.4, -0.2) is 36.1 Å². The number of nitrogens with zero attached hydrogens (tertiary/aromatic N) is 1. The zero-order chi connectivity index (χ0) is 17.5. The maximum atomic E-state index is 12.5. The van der Waals surface area contributed by atoms with Crippen LogP contribution in [-0.2, 0) is 0 Å². The van der Waals surface area contributed by atoms with Crippen molar-refractivity contribution < 1.29 is 9.90 Å². The molecular weight excluding hydrogens is 345 g/mol. The summed E-state index contributed by atoms with van der Waals surface area (Å²) in [5, 5.41) is 10.2. The van der Waals surface area contributed by atoms with E-state index in [2.05, 4.69) is 0 Å². The third-order valence-electron chi connectivity index (χ3n) is 3.99. The van der Waals surface area contributed by atoms with Gasteiger partial charge in [0.2, 0.25) is 0 Å². The van der Waals surface area contributed by atoms with E-state index < -0.39 is 0 Å². The third-order valence-corrected chi connectivity index (χ3v) is 4.73. The number of hydrogen-bond donors (Lipinski definition) is 1. The Morgan fingerprint density at radius 3 is 2.46 bits per heavy atom. The van der Waals surface area contributed by atoms with Gasteiger partial charge in [0.15, 0.2) is 0 Å². The Labute approximate surface area is 152 Å². The van der Waals surface area contributed by atoms with Crippen molar-refractivity contribution in [3.8, 4) is 0 Å². The molecule has 0 spiro atoms. The Morgan fingerprint density at radius 1 is 1.12 bits per heavy atom. The fourth-order valence-electron chi connectivity index (χ4n) is 2.68. The van der Waals surface area contributed by atoms with E-state index in [1.165, 1.54) is 0 Å². The fraction of sp³-hybridized carbons (Fsp3) is 0.316. The molecule has 5 heteroatoms.